The van der Waals surface area contributed by atoms with Gasteiger partial charge in [-0.25, -0.2) is 0 Å². The molecule has 0 amide bonds. The average Bonchev–Trinajstić information content (AvgIpc) is 2.96. The van der Waals surface area contributed by atoms with Gasteiger partial charge in [-0.15, -0.1) is 0 Å². The normalized spacial score (nSPS) is 30.8. The maximum absolute atomic E-state index is 10.1. The van der Waals surface area contributed by atoms with Gasteiger partial charge in [0.15, 0.2) is 5.79 Å². The van der Waals surface area contributed by atoms with Gasteiger partial charge in [-0.05, 0) is 25.7 Å². The molecule has 0 atom stereocenters. The third kappa shape index (κ3) is 2.54. The lowest BCUT2D eigenvalue weighted by atomic mass is 9.86. The molecule has 2 nitrogen and oxygen atoms in total. The third-order valence-corrected chi connectivity index (χ3v) is 4.38. The monoisotopic (exact) mass is 212 g/mol. The van der Waals surface area contributed by atoms with E-state index in [0.717, 1.165) is 25.7 Å². The molecule has 0 bridgehead atoms. The summed E-state index contributed by atoms with van der Waals surface area (Å²) in [7, 11) is 0. The van der Waals surface area contributed by atoms with Gasteiger partial charge in [0.1, 0.15) is 0 Å². The number of aliphatic hydroxyl groups is 2. The molecular formula is C13H24O2. The topological polar surface area (TPSA) is 40.5 Å². The lowest BCUT2D eigenvalue weighted by molar-refractivity contribution is -0.218. The highest BCUT2D eigenvalue weighted by atomic mass is 16.5. The van der Waals surface area contributed by atoms with Gasteiger partial charge in [-0.2, -0.15) is 0 Å². The van der Waals surface area contributed by atoms with Crippen molar-refractivity contribution in [2.45, 2.75) is 76.4 Å². The van der Waals surface area contributed by atoms with Crippen LogP contribution in [0.15, 0.2) is 0 Å². The van der Waals surface area contributed by atoms with Crippen molar-refractivity contribution in [3.63, 3.8) is 0 Å². The van der Waals surface area contributed by atoms with Crippen molar-refractivity contribution in [3.05, 3.63) is 0 Å². The number of hydrogen-bond acceptors (Lipinski definition) is 2. The van der Waals surface area contributed by atoms with Gasteiger partial charge < -0.3 is 10.2 Å². The summed E-state index contributed by atoms with van der Waals surface area (Å²) in [6, 6.07) is 0. The average molecular weight is 212 g/mol. The number of hydrogen-bond donors (Lipinski definition) is 2. The molecule has 2 aliphatic rings. The lowest BCUT2D eigenvalue weighted by Crippen LogP contribution is -2.39. The molecular weight excluding hydrogens is 188 g/mol. The van der Waals surface area contributed by atoms with Crippen LogP contribution in [0, 0.1) is 5.41 Å². The van der Waals surface area contributed by atoms with E-state index >= 15 is 0 Å². The summed E-state index contributed by atoms with van der Waals surface area (Å²) in [4.78, 5) is 0. The quantitative estimate of drug-likeness (QED) is 0.606. The highest BCUT2D eigenvalue weighted by Gasteiger charge is 2.56. The van der Waals surface area contributed by atoms with Crippen LogP contribution in [0.3, 0.4) is 0 Å². The van der Waals surface area contributed by atoms with Crippen LogP contribution < -0.4 is 0 Å². The van der Waals surface area contributed by atoms with Crippen molar-refractivity contribution < 1.29 is 10.2 Å². The Hall–Kier alpha value is -0.0800. The molecule has 0 heterocycles. The Kier molecular flexibility index (Phi) is 3.36. The zero-order valence-corrected chi connectivity index (χ0v) is 9.67. The molecule has 15 heavy (non-hydrogen) atoms. The van der Waals surface area contributed by atoms with Gasteiger partial charge in [0.25, 0.3) is 0 Å². The molecule has 2 N–H and O–H groups in total. The van der Waals surface area contributed by atoms with Gasteiger partial charge in [0, 0.05) is 11.8 Å². The highest BCUT2D eigenvalue weighted by Crippen LogP contribution is 2.58. The van der Waals surface area contributed by atoms with Gasteiger partial charge in [0.2, 0.25) is 0 Å². The molecule has 1 spiro atoms. The fraction of sp³-hybridized carbons (Fsp3) is 1.00. The first-order chi connectivity index (χ1) is 7.16. The van der Waals surface area contributed by atoms with E-state index < -0.39 is 5.79 Å². The lowest BCUT2D eigenvalue weighted by Gasteiger charge is -2.31. The molecule has 2 rings (SSSR count). The summed E-state index contributed by atoms with van der Waals surface area (Å²) in [5, 5.41) is 20.3. The molecule has 0 aromatic heterocycles. The molecule has 0 unspecified atom stereocenters. The van der Waals surface area contributed by atoms with Crippen LogP contribution in [0.4, 0.5) is 0 Å². The van der Waals surface area contributed by atoms with Crippen LogP contribution in [0.25, 0.3) is 0 Å². The van der Waals surface area contributed by atoms with Gasteiger partial charge in [-0.1, -0.05) is 38.5 Å². The van der Waals surface area contributed by atoms with E-state index in [1.165, 1.54) is 38.5 Å². The Balaban J connectivity index is 1.95. The first-order valence-corrected chi connectivity index (χ1v) is 6.61. The van der Waals surface area contributed by atoms with Gasteiger partial charge in [0.05, 0.1) is 0 Å². The van der Waals surface area contributed by atoms with Crippen molar-refractivity contribution in [1.29, 1.82) is 0 Å². The third-order valence-electron chi connectivity index (χ3n) is 4.38. The fourth-order valence-electron chi connectivity index (χ4n) is 2.99. The van der Waals surface area contributed by atoms with Gasteiger partial charge in [-0.3, -0.25) is 0 Å². The Morgan fingerprint density at radius 1 is 0.533 bits per heavy atom. The van der Waals surface area contributed by atoms with Crippen LogP contribution in [-0.2, 0) is 0 Å². The van der Waals surface area contributed by atoms with Crippen LogP contribution in [0.2, 0.25) is 0 Å². The second kappa shape index (κ2) is 4.42. The van der Waals surface area contributed by atoms with E-state index in [9.17, 15) is 10.2 Å². The SMILES string of the molecule is OC1(O)CCCCCCCCCC12CC2. The molecule has 2 fully saturated rings. The summed E-state index contributed by atoms with van der Waals surface area (Å²) in [5.41, 5.74) is -0.114. The molecule has 0 aromatic carbocycles. The van der Waals surface area contributed by atoms with Crippen molar-refractivity contribution in [1.82, 2.24) is 0 Å². The van der Waals surface area contributed by atoms with Crippen molar-refractivity contribution in [2.75, 3.05) is 0 Å². The largest absolute Gasteiger partial charge is 0.365 e. The van der Waals surface area contributed by atoms with Crippen molar-refractivity contribution >= 4 is 0 Å². The molecule has 0 radical (unpaired) electrons. The summed E-state index contributed by atoms with van der Waals surface area (Å²) in [6.07, 6.45) is 12.2. The van der Waals surface area contributed by atoms with Crippen molar-refractivity contribution in [3.8, 4) is 0 Å². The Labute approximate surface area is 92.7 Å². The van der Waals surface area contributed by atoms with Crippen LogP contribution in [0.5, 0.6) is 0 Å². The molecule has 2 heteroatoms. The Bertz CT molecular complexity index is 197. The van der Waals surface area contributed by atoms with E-state index in [4.69, 9.17) is 0 Å². The Morgan fingerprint density at radius 2 is 1.00 bits per heavy atom. The standard InChI is InChI=1S/C13H24O2/c14-13(15)9-7-5-3-1-2-4-6-8-12(13)10-11-12/h14-15H,1-11H2. The zero-order chi connectivity index (χ0) is 10.8. The van der Waals surface area contributed by atoms with Crippen LogP contribution in [-0.4, -0.2) is 16.0 Å². The summed E-state index contributed by atoms with van der Waals surface area (Å²) < 4.78 is 0. The second-order valence-electron chi connectivity index (χ2n) is 5.57. The van der Waals surface area contributed by atoms with Crippen molar-refractivity contribution in [2.24, 2.45) is 5.41 Å². The van der Waals surface area contributed by atoms with E-state index in [1.54, 1.807) is 0 Å². The summed E-state index contributed by atoms with van der Waals surface area (Å²) in [6.45, 7) is 0. The molecule has 0 aliphatic heterocycles. The number of rotatable bonds is 0. The molecule has 88 valence electrons. The highest BCUT2D eigenvalue weighted by molar-refractivity contribution is 5.02. The maximum Gasteiger partial charge on any atom is 0.168 e. The van der Waals surface area contributed by atoms with Crippen LogP contribution >= 0.6 is 0 Å². The first-order valence-electron chi connectivity index (χ1n) is 6.61. The Morgan fingerprint density at radius 3 is 1.53 bits per heavy atom. The minimum Gasteiger partial charge on any atom is -0.365 e. The molecule has 0 aromatic rings. The summed E-state index contributed by atoms with van der Waals surface area (Å²) in [5.74, 6) is -1.36. The smallest absolute Gasteiger partial charge is 0.168 e. The van der Waals surface area contributed by atoms with E-state index in [-0.39, 0.29) is 5.41 Å². The predicted molar refractivity (Wildman–Crippen MR) is 60.4 cm³/mol. The van der Waals surface area contributed by atoms with E-state index in [2.05, 4.69) is 0 Å². The van der Waals surface area contributed by atoms with Gasteiger partial charge >= 0.3 is 0 Å². The fourth-order valence-corrected chi connectivity index (χ4v) is 2.99. The molecule has 2 aliphatic carbocycles. The van der Waals surface area contributed by atoms with Crippen LogP contribution in [0.1, 0.15) is 70.6 Å². The summed E-state index contributed by atoms with van der Waals surface area (Å²) >= 11 is 0. The zero-order valence-electron chi connectivity index (χ0n) is 9.67. The molecule has 0 saturated heterocycles. The first kappa shape index (κ1) is 11.4. The predicted octanol–water partition coefficient (Wildman–Crippen LogP) is 2.97. The maximum atomic E-state index is 10.1. The molecule has 2 saturated carbocycles. The van der Waals surface area contributed by atoms with E-state index in [1.807, 2.05) is 0 Å². The minimum absolute atomic E-state index is 0.114. The second-order valence-corrected chi connectivity index (χ2v) is 5.57. The van der Waals surface area contributed by atoms with E-state index in [0.29, 0.717) is 6.42 Å². The minimum atomic E-state index is -1.36.